The monoisotopic (exact) mass is 356 g/mol. The average molecular weight is 356 g/mol. The van der Waals surface area contributed by atoms with Crippen LogP contribution in [0.5, 0.6) is 0 Å². The van der Waals surface area contributed by atoms with Gasteiger partial charge in [-0.1, -0.05) is 12.1 Å². The van der Waals surface area contributed by atoms with Gasteiger partial charge in [0.2, 0.25) is 0 Å². The van der Waals surface area contributed by atoms with Gasteiger partial charge in [0.05, 0.1) is 22.2 Å². The maximum absolute atomic E-state index is 12.4. The zero-order chi connectivity index (χ0) is 17.4. The van der Waals surface area contributed by atoms with Gasteiger partial charge < -0.3 is 14.8 Å². The molecule has 1 amide bonds. The minimum absolute atomic E-state index is 0.0653. The molecule has 0 atom stereocenters. The number of aliphatic carboxylic acids is 1. The van der Waals surface area contributed by atoms with Gasteiger partial charge in [-0.15, -0.1) is 11.3 Å². The number of rotatable bonds is 5. The molecule has 1 saturated carbocycles. The lowest BCUT2D eigenvalue weighted by Gasteiger charge is -2.41. The summed E-state index contributed by atoms with van der Waals surface area (Å²) in [5.41, 5.74) is 0.242. The predicted octanol–water partition coefficient (Wildman–Crippen LogP) is 3.68. The lowest BCUT2D eigenvalue weighted by atomic mass is 9.74. The maximum atomic E-state index is 12.4. The first kappa shape index (κ1) is 15.8. The molecule has 0 unspecified atom stereocenters. The van der Waals surface area contributed by atoms with E-state index in [1.807, 2.05) is 24.3 Å². The molecule has 7 heteroatoms. The highest BCUT2D eigenvalue weighted by atomic mass is 32.1. The molecule has 1 aliphatic rings. The standard InChI is InChI=1S/C18H16N2O4S/c21-15(22)10-18(8-3-9-18)20-16(23)12-6-7-13(24-12)17-19-11-4-1-2-5-14(11)25-17/h1-2,4-7H,3,8-10H2,(H,20,23)(H,21,22). The number of hydrogen-bond donors (Lipinski definition) is 2. The zero-order valence-corrected chi connectivity index (χ0v) is 14.1. The number of hydrogen-bond acceptors (Lipinski definition) is 5. The van der Waals surface area contributed by atoms with Gasteiger partial charge in [-0.05, 0) is 43.5 Å². The van der Waals surface area contributed by atoms with E-state index in [0.29, 0.717) is 23.6 Å². The number of amides is 1. The topological polar surface area (TPSA) is 92.4 Å². The number of benzene rings is 1. The summed E-state index contributed by atoms with van der Waals surface area (Å²) in [6, 6.07) is 11.1. The Bertz CT molecular complexity index is 922. The van der Waals surface area contributed by atoms with Gasteiger partial charge in [-0.25, -0.2) is 4.98 Å². The molecule has 1 fully saturated rings. The number of fused-ring (bicyclic) bond motifs is 1. The number of thiazole rings is 1. The fourth-order valence-corrected chi connectivity index (χ4v) is 4.02. The van der Waals surface area contributed by atoms with Crippen molar-refractivity contribution in [1.82, 2.24) is 10.3 Å². The molecular formula is C18H16N2O4S. The van der Waals surface area contributed by atoms with Gasteiger partial charge in [0.25, 0.3) is 5.91 Å². The Labute approximate surface area is 147 Å². The number of nitrogens with one attached hydrogen (secondary N) is 1. The van der Waals surface area contributed by atoms with Crippen LogP contribution in [0.4, 0.5) is 0 Å². The van der Waals surface area contributed by atoms with E-state index in [4.69, 9.17) is 9.52 Å². The third-order valence-electron chi connectivity index (χ3n) is 4.51. The number of carbonyl (C=O) groups is 2. The molecular weight excluding hydrogens is 340 g/mol. The van der Waals surface area contributed by atoms with Crippen molar-refractivity contribution >= 4 is 33.4 Å². The Morgan fingerprint density at radius 3 is 2.72 bits per heavy atom. The van der Waals surface area contributed by atoms with Gasteiger partial charge in [-0.2, -0.15) is 0 Å². The molecule has 1 aromatic carbocycles. The van der Waals surface area contributed by atoms with Crippen LogP contribution in [0.2, 0.25) is 0 Å². The van der Waals surface area contributed by atoms with Crippen LogP contribution in [0.15, 0.2) is 40.8 Å². The fraction of sp³-hybridized carbons (Fsp3) is 0.278. The third kappa shape index (κ3) is 3.02. The van der Waals surface area contributed by atoms with Crippen LogP contribution in [-0.4, -0.2) is 27.5 Å². The Morgan fingerprint density at radius 2 is 2.04 bits per heavy atom. The summed E-state index contributed by atoms with van der Waals surface area (Å²) in [5.74, 6) is -0.582. The summed E-state index contributed by atoms with van der Waals surface area (Å²) >= 11 is 1.50. The van der Waals surface area contributed by atoms with E-state index < -0.39 is 11.5 Å². The van der Waals surface area contributed by atoms with Crippen LogP contribution in [-0.2, 0) is 4.79 Å². The van der Waals surface area contributed by atoms with E-state index >= 15 is 0 Å². The first-order valence-corrected chi connectivity index (χ1v) is 8.86. The molecule has 1 aliphatic carbocycles. The van der Waals surface area contributed by atoms with Crippen LogP contribution in [0, 0.1) is 0 Å². The summed E-state index contributed by atoms with van der Waals surface area (Å²) < 4.78 is 6.72. The van der Waals surface area contributed by atoms with Crippen molar-refractivity contribution in [3.05, 3.63) is 42.2 Å². The smallest absolute Gasteiger partial charge is 0.305 e. The van der Waals surface area contributed by atoms with Crippen molar-refractivity contribution in [2.75, 3.05) is 0 Å². The summed E-state index contributed by atoms with van der Waals surface area (Å²) in [7, 11) is 0. The van der Waals surface area contributed by atoms with Crippen molar-refractivity contribution in [2.24, 2.45) is 0 Å². The molecule has 0 bridgehead atoms. The molecule has 0 spiro atoms. The summed E-state index contributed by atoms with van der Waals surface area (Å²) in [4.78, 5) is 28.0. The lowest BCUT2D eigenvalue weighted by molar-refractivity contribution is -0.139. The highest BCUT2D eigenvalue weighted by Crippen LogP contribution is 2.36. The molecule has 6 nitrogen and oxygen atoms in total. The molecule has 128 valence electrons. The Kier molecular flexibility index (Phi) is 3.80. The van der Waals surface area contributed by atoms with Gasteiger partial charge in [0.15, 0.2) is 16.5 Å². The first-order chi connectivity index (χ1) is 12.0. The van der Waals surface area contributed by atoms with Gasteiger partial charge in [-0.3, -0.25) is 9.59 Å². The Hall–Kier alpha value is -2.67. The second-order valence-electron chi connectivity index (χ2n) is 6.31. The molecule has 0 saturated heterocycles. The molecule has 4 rings (SSSR count). The number of aromatic nitrogens is 1. The third-order valence-corrected chi connectivity index (χ3v) is 5.56. The molecule has 25 heavy (non-hydrogen) atoms. The van der Waals surface area contributed by atoms with E-state index in [-0.39, 0.29) is 18.1 Å². The Morgan fingerprint density at radius 1 is 1.24 bits per heavy atom. The van der Waals surface area contributed by atoms with Crippen LogP contribution in [0.3, 0.4) is 0 Å². The predicted molar refractivity (Wildman–Crippen MR) is 93.6 cm³/mol. The normalized spacial score (nSPS) is 15.7. The van der Waals surface area contributed by atoms with E-state index in [2.05, 4.69) is 10.3 Å². The second-order valence-corrected chi connectivity index (χ2v) is 7.34. The Balaban J connectivity index is 1.54. The van der Waals surface area contributed by atoms with Gasteiger partial charge >= 0.3 is 5.97 Å². The van der Waals surface area contributed by atoms with E-state index in [9.17, 15) is 9.59 Å². The molecule has 0 aliphatic heterocycles. The summed E-state index contributed by atoms with van der Waals surface area (Å²) in [6.45, 7) is 0. The lowest BCUT2D eigenvalue weighted by Crippen LogP contribution is -2.54. The number of carboxylic acid groups (broad SMARTS) is 1. The number of nitrogens with zero attached hydrogens (tertiary/aromatic N) is 1. The number of furan rings is 1. The van der Waals surface area contributed by atoms with E-state index in [1.165, 1.54) is 11.3 Å². The number of carboxylic acids is 1. The highest BCUT2D eigenvalue weighted by molar-refractivity contribution is 7.21. The van der Waals surface area contributed by atoms with Gasteiger partial charge in [0, 0.05) is 0 Å². The molecule has 3 aromatic rings. The summed E-state index contributed by atoms with van der Waals surface area (Å²) in [6.07, 6.45) is 2.21. The van der Waals surface area contributed by atoms with Crippen LogP contribution < -0.4 is 5.32 Å². The van der Waals surface area contributed by atoms with Crippen LogP contribution in [0.1, 0.15) is 36.2 Å². The van der Waals surface area contributed by atoms with Crippen molar-refractivity contribution in [1.29, 1.82) is 0 Å². The van der Waals surface area contributed by atoms with Crippen molar-refractivity contribution in [3.63, 3.8) is 0 Å². The average Bonchev–Trinajstić information content (AvgIpc) is 3.18. The second kappa shape index (κ2) is 6.00. The van der Waals surface area contributed by atoms with Crippen molar-refractivity contribution in [3.8, 4) is 10.8 Å². The van der Waals surface area contributed by atoms with E-state index in [1.54, 1.807) is 12.1 Å². The first-order valence-electron chi connectivity index (χ1n) is 8.05. The summed E-state index contributed by atoms with van der Waals surface area (Å²) in [5, 5.41) is 12.6. The molecule has 2 aromatic heterocycles. The SMILES string of the molecule is O=C(O)CC1(NC(=O)c2ccc(-c3nc4ccccc4s3)o2)CCC1. The molecule has 0 radical (unpaired) electrons. The van der Waals surface area contributed by atoms with E-state index in [0.717, 1.165) is 16.6 Å². The molecule has 2 heterocycles. The van der Waals surface area contributed by atoms with Crippen molar-refractivity contribution < 1.29 is 19.1 Å². The largest absolute Gasteiger partial charge is 0.481 e. The maximum Gasteiger partial charge on any atom is 0.305 e. The van der Waals surface area contributed by atoms with Crippen LogP contribution >= 0.6 is 11.3 Å². The number of carbonyl (C=O) groups excluding carboxylic acids is 1. The van der Waals surface area contributed by atoms with Crippen molar-refractivity contribution in [2.45, 2.75) is 31.2 Å². The minimum Gasteiger partial charge on any atom is -0.481 e. The molecule has 2 N–H and O–H groups in total. The number of para-hydroxylation sites is 1. The highest BCUT2D eigenvalue weighted by Gasteiger charge is 2.41. The quantitative estimate of drug-likeness (QED) is 0.727. The zero-order valence-electron chi connectivity index (χ0n) is 13.3. The fourth-order valence-electron chi connectivity index (χ4n) is 3.09. The van der Waals surface area contributed by atoms with Gasteiger partial charge in [0.1, 0.15) is 0 Å². The van der Waals surface area contributed by atoms with Crippen LogP contribution in [0.25, 0.3) is 21.0 Å². The minimum atomic E-state index is -0.908.